The maximum Gasteiger partial charge on any atom is 0.159 e. The highest BCUT2D eigenvalue weighted by molar-refractivity contribution is 7.25. The number of hydrogen-bond acceptors (Lipinski definition) is 3. The van der Waals surface area contributed by atoms with Crippen LogP contribution in [-0.4, -0.2) is 0 Å². The van der Waals surface area contributed by atoms with Crippen LogP contribution in [0.5, 0.6) is 0 Å². The highest BCUT2D eigenvalue weighted by Gasteiger charge is 2.52. The van der Waals surface area contributed by atoms with Gasteiger partial charge in [0, 0.05) is 42.2 Å². The zero-order valence-electron chi connectivity index (χ0n) is 34.5. The van der Waals surface area contributed by atoms with Gasteiger partial charge in [0.05, 0.1) is 16.8 Å². The Kier molecular flexibility index (Phi) is 6.79. The van der Waals surface area contributed by atoms with Crippen molar-refractivity contribution in [3.8, 4) is 22.3 Å². The minimum atomic E-state index is -0.470. The Balaban J connectivity index is 1.06. The van der Waals surface area contributed by atoms with E-state index in [2.05, 4.69) is 217 Å². The van der Waals surface area contributed by atoms with Crippen LogP contribution < -0.4 is 4.90 Å². The van der Waals surface area contributed by atoms with Crippen molar-refractivity contribution >= 4 is 103 Å². The molecule has 0 fully saturated rings. The van der Waals surface area contributed by atoms with Crippen LogP contribution in [0.3, 0.4) is 0 Å². The Hall–Kier alpha value is -7.98. The number of rotatable bonds is 3. The predicted octanol–water partition coefficient (Wildman–Crippen LogP) is 17.2. The lowest BCUT2D eigenvalue weighted by Crippen LogP contribution is -2.26. The first kappa shape index (κ1) is 34.6. The average molecular weight is 830 g/mol. The van der Waals surface area contributed by atoms with Crippen molar-refractivity contribution in [2.75, 3.05) is 4.90 Å². The molecule has 0 saturated carbocycles. The third-order valence-corrected chi connectivity index (χ3v) is 15.6. The van der Waals surface area contributed by atoms with Crippen molar-refractivity contribution in [3.63, 3.8) is 0 Å². The van der Waals surface area contributed by atoms with Gasteiger partial charge in [0.25, 0.3) is 0 Å². The number of anilines is 3. The fourth-order valence-corrected chi connectivity index (χ4v) is 13.1. The molecular weight excluding hydrogens is 795 g/mol. The molecule has 0 unspecified atom stereocenters. The second kappa shape index (κ2) is 12.6. The van der Waals surface area contributed by atoms with Crippen molar-refractivity contribution in [3.05, 3.63) is 235 Å². The number of hydrogen-bond donors (Lipinski definition) is 0. The maximum atomic E-state index is 6.92. The minimum Gasteiger partial charge on any atom is -0.454 e. The van der Waals surface area contributed by atoms with E-state index in [9.17, 15) is 0 Å². The van der Waals surface area contributed by atoms with E-state index in [4.69, 9.17) is 4.42 Å². The van der Waals surface area contributed by atoms with Crippen LogP contribution in [0.15, 0.2) is 217 Å². The van der Waals surface area contributed by atoms with Crippen LogP contribution in [0.4, 0.5) is 17.1 Å². The molecule has 2 heterocycles. The highest BCUT2D eigenvalue weighted by atomic mass is 32.1. The normalized spacial score (nSPS) is 13.4. The molecule has 1 spiro atoms. The number of para-hydroxylation sites is 2. The number of benzene rings is 11. The first-order valence-corrected chi connectivity index (χ1v) is 22.9. The Morgan fingerprint density at radius 3 is 1.67 bits per heavy atom. The van der Waals surface area contributed by atoms with Crippen LogP contribution >= 0.6 is 11.3 Å². The zero-order chi connectivity index (χ0) is 41.7. The van der Waals surface area contributed by atoms with Crippen molar-refractivity contribution in [2.45, 2.75) is 5.41 Å². The molecule has 0 bridgehead atoms. The lowest BCUT2D eigenvalue weighted by atomic mass is 9.70. The van der Waals surface area contributed by atoms with Gasteiger partial charge < -0.3 is 9.32 Å². The van der Waals surface area contributed by atoms with E-state index in [0.717, 1.165) is 39.0 Å². The van der Waals surface area contributed by atoms with Crippen LogP contribution in [0, 0.1) is 0 Å². The summed E-state index contributed by atoms with van der Waals surface area (Å²) in [5.41, 5.74) is 14.9. The largest absolute Gasteiger partial charge is 0.454 e. The van der Waals surface area contributed by atoms with Gasteiger partial charge in [-0.05, 0) is 120 Å². The third-order valence-electron chi connectivity index (χ3n) is 14.4. The molecule has 0 atom stereocenters. The van der Waals surface area contributed by atoms with Gasteiger partial charge in [-0.2, -0.15) is 0 Å². The molecule has 296 valence electrons. The molecule has 0 aliphatic heterocycles. The summed E-state index contributed by atoms with van der Waals surface area (Å²) < 4.78 is 9.56. The summed E-state index contributed by atoms with van der Waals surface area (Å²) in [7, 11) is 0. The van der Waals surface area contributed by atoms with Gasteiger partial charge >= 0.3 is 0 Å². The summed E-state index contributed by atoms with van der Waals surface area (Å²) in [5.74, 6) is 0. The molecular formula is C61H35NOS. The molecule has 2 aliphatic rings. The molecule has 3 heteroatoms. The first-order chi connectivity index (χ1) is 31.8. The van der Waals surface area contributed by atoms with Crippen molar-refractivity contribution in [1.29, 1.82) is 0 Å². The van der Waals surface area contributed by atoms with Gasteiger partial charge in [0.2, 0.25) is 0 Å². The van der Waals surface area contributed by atoms with Crippen LogP contribution in [0.2, 0.25) is 0 Å². The van der Waals surface area contributed by atoms with Crippen molar-refractivity contribution in [1.82, 2.24) is 0 Å². The first-order valence-electron chi connectivity index (χ1n) is 22.1. The number of nitrogens with zero attached hydrogens (tertiary/aromatic N) is 1. The third kappa shape index (κ3) is 4.34. The molecule has 11 aromatic carbocycles. The van der Waals surface area contributed by atoms with Crippen LogP contribution in [0.1, 0.15) is 22.3 Å². The van der Waals surface area contributed by atoms with E-state index < -0.39 is 5.41 Å². The maximum absolute atomic E-state index is 6.92. The molecule has 64 heavy (non-hydrogen) atoms. The lowest BCUT2D eigenvalue weighted by Gasteiger charge is -2.32. The molecule has 0 saturated heterocycles. The molecule has 0 amide bonds. The van der Waals surface area contributed by atoms with Gasteiger partial charge in [0.1, 0.15) is 5.58 Å². The van der Waals surface area contributed by atoms with E-state index in [1.54, 1.807) is 0 Å². The van der Waals surface area contributed by atoms with Gasteiger partial charge in [0.15, 0.2) is 5.58 Å². The molecule has 2 aliphatic carbocycles. The summed E-state index contributed by atoms with van der Waals surface area (Å²) >= 11 is 1.88. The number of thiophene rings is 1. The SMILES string of the molecule is c1ccc2c(c1)-c1ccccc1C21c2ccccc2-c2c(N(c3ccc4c(c3)c3ccccc3c3cc5c(cc43)sc3ccccc35)c3cccc4c3oc3ccccc34)cccc21. The summed E-state index contributed by atoms with van der Waals surface area (Å²) in [5, 5.41) is 12.4. The topological polar surface area (TPSA) is 16.4 Å². The van der Waals surface area contributed by atoms with Crippen molar-refractivity contribution in [2.24, 2.45) is 0 Å². The smallest absolute Gasteiger partial charge is 0.159 e. The quantitative estimate of drug-likeness (QED) is 0.165. The van der Waals surface area contributed by atoms with E-state index in [0.29, 0.717) is 0 Å². The summed E-state index contributed by atoms with van der Waals surface area (Å²) in [6.07, 6.45) is 0. The molecule has 0 radical (unpaired) electrons. The van der Waals surface area contributed by atoms with Crippen LogP contribution in [-0.2, 0) is 5.41 Å². The van der Waals surface area contributed by atoms with Gasteiger partial charge in [-0.25, -0.2) is 0 Å². The molecule has 0 N–H and O–H groups in total. The zero-order valence-corrected chi connectivity index (χ0v) is 35.3. The standard InChI is InChI=1S/C61H35NOS/c1-2-16-38-37(15-1)46-33-36(31-32-39(46)48-35-58-49(34-47(38)48)43-20-7-12-30-57(43)64-58)62(55-28-13-22-44-42-19-6-11-29-56(42)63-60(44)55)54-27-14-26-53-59(54)45-21-5-10-25-52(45)61(53)50-23-8-3-17-40(50)41-18-4-9-24-51(41)61/h1-35H. The Bertz CT molecular complexity index is 4120. The Morgan fingerprint density at radius 1 is 0.344 bits per heavy atom. The van der Waals surface area contributed by atoms with E-state index in [1.165, 1.54) is 97.0 Å². The molecule has 2 nitrogen and oxygen atoms in total. The van der Waals surface area contributed by atoms with Crippen molar-refractivity contribution < 1.29 is 4.42 Å². The second-order valence-electron chi connectivity index (χ2n) is 17.4. The Morgan fingerprint density at radius 2 is 0.891 bits per heavy atom. The fraction of sp³-hybridized carbons (Fsp3) is 0.0164. The lowest BCUT2D eigenvalue weighted by molar-refractivity contribution is 0.669. The summed E-state index contributed by atoms with van der Waals surface area (Å²) in [6.45, 7) is 0. The second-order valence-corrected chi connectivity index (χ2v) is 18.5. The van der Waals surface area contributed by atoms with E-state index in [1.807, 2.05) is 11.3 Å². The van der Waals surface area contributed by atoms with E-state index in [-0.39, 0.29) is 0 Å². The minimum absolute atomic E-state index is 0.470. The number of furan rings is 1. The van der Waals surface area contributed by atoms with Crippen LogP contribution in [0.25, 0.3) is 96.7 Å². The average Bonchev–Trinajstić information content (AvgIpc) is 4.09. The van der Waals surface area contributed by atoms with Gasteiger partial charge in [-0.1, -0.05) is 164 Å². The molecule has 15 rings (SSSR count). The monoisotopic (exact) mass is 829 g/mol. The fourth-order valence-electron chi connectivity index (χ4n) is 11.9. The molecule has 13 aromatic rings. The Labute approximate surface area is 372 Å². The van der Waals surface area contributed by atoms with E-state index >= 15 is 0 Å². The highest BCUT2D eigenvalue weighted by Crippen LogP contribution is 2.65. The summed E-state index contributed by atoms with van der Waals surface area (Å²) in [4.78, 5) is 2.49. The summed E-state index contributed by atoms with van der Waals surface area (Å²) in [6, 6.07) is 79.0. The molecule has 2 aromatic heterocycles. The van der Waals surface area contributed by atoms with Gasteiger partial charge in [-0.3, -0.25) is 0 Å². The number of fused-ring (bicyclic) bond motifs is 22. The van der Waals surface area contributed by atoms with Gasteiger partial charge in [-0.15, -0.1) is 11.3 Å². The predicted molar refractivity (Wildman–Crippen MR) is 270 cm³/mol.